The van der Waals surface area contributed by atoms with E-state index in [1.54, 1.807) is 0 Å². The van der Waals surface area contributed by atoms with Gasteiger partial charge in [-0.1, -0.05) is 19.3 Å². The van der Waals surface area contributed by atoms with E-state index in [0.29, 0.717) is 5.38 Å². The van der Waals surface area contributed by atoms with Gasteiger partial charge in [0.25, 0.3) is 0 Å². The van der Waals surface area contributed by atoms with E-state index in [0.717, 1.165) is 19.4 Å². The molecule has 0 aromatic carbocycles. The predicted molar refractivity (Wildman–Crippen MR) is 54.7 cm³/mol. The van der Waals surface area contributed by atoms with Gasteiger partial charge in [-0.3, -0.25) is 0 Å². The summed E-state index contributed by atoms with van der Waals surface area (Å²) >= 11 is 5.77. The molecule has 1 unspecified atom stereocenters. The van der Waals surface area contributed by atoms with E-state index in [-0.39, 0.29) is 12.4 Å². The van der Waals surface area contributed by atoms with Crippen molar-refractivity contribution in [2.45, 2.75) is 44.4 Å². The van der Waals surface area contributed by atoms with Crippen LogP contribution in [0.4, 0.5) is 0 Å². The number of hydrogen-bond donors (Lipinski definition) is 1. The van der Waals surface area contributed by atoms with Crippen LogP contribution in [0.1, 0.15) is 39.0 Å². The van der Waals surface area contributed by atoms with Crippen molar-refractivity contribution < 1.29 is 0 Å². The highest BCUT2D eigenvalue weighted by molar-refractivity contribution is 6.20. The van der Waals surface area contributed by atoms with Gasteiger partial charge in [0.2, 0.25) is 0 Å². The molecule has 0 spiro atoms. The monoisotopic (exact) mass is 199 g/mol. The van der Waals surface area contributed by atoms with Gasteiger partial charge in [0, 0.05) is 5.38 Å². The fraction of sp³-hybridized carbons (Fsp3) is 1.00. The zero-order valence-corrected chi connectivity index (χ0v) is 8.76. The van der Waals surface area contributed by atoms with Crippen LogP contribution >= 0.6 is 24.0 Å². The molecule has 2 N–H and O–H groups in total. The Morgan fingerprint density at radius 1 is 1.18 bits per heavy atom. The van der Waals surface area contributed by atoms with E-state index in [2.05, 4.69) is 0 Å². The normalized spacial score (nSPS) is 12.3. The van der Waals surface area contributed by atoms with E-state index >= 15 is 0 Å². The Morgan fingerprint density at radius 2 is 1.73 bits per heavy atom. The lowest BCUT2D eigenvalue weighted by atomic mass is 10.1. The summed E-state index contributed by atoms with van der Waals surface area (Å²) < 4.78 is 0. The lowest BCUT2D eigenvalue weighted by Crippen LogP contribution is -1.98. The Balaban J connectivity index is 0. The van der Waals surface area contributed by atoms with Gasteiger partial charge in [-0.15, -0.1) is 24.0 Å². The smallest absolute Gasteiger partial charge is 0.0307 e. The molecule has 0 saturated carbocycles. The quantitative estimate of drug-likeness (QED) is 0.517. The first kappa shape index (κ1) is 14.1. The second kappa shape index (κ2) is 10.5. The van der Waals surface area contributed by atoms with Crippen molar-refractivity contribution in [3.63, 3.8) is 0 Å². The predicted octanol–water partition coefficient (Wildman–Crippen LogP) is 2.94. The molecule has 0 heterocycles. The number of rotatable bonds is 6. The molecule has 1 atom stereocenters. The van der Waals surface area contributed by atoms with Gasteiger partial charge in [0.1, 0.15) is 0 Å². The molecule has 11 heavy (non-hydrogen) atoms. The SMILES string of the molecule is CC(Cl)CCCCCCN.Cl. The highest BCUT2D eigenvalue weighted by atomic mass is 35.5. The van der Waals surface area contributed by atoms with Crippen LogP contribution in [0.25, 0.3) is 0 Å². The molecule has 0 aromatic heterocycles. The minimum absolute atomic E-state index is 0. The van der Waals surface area contributed by atoms with Gasteiger partial charge in [-0.2, -0.15) is 0 Å². The first-order valence-corrected chi connectivity index (χ1v) is 4.55. The van der Waals surface area contributed by atoms with E-state index in [4.69, 9.17) is 17.3 Å². The summed E-state index contributed by atoms with van der Waals surface area (Å²) in [6, 6.07) is 0. The fourth-order valence-electron chi connectivity index (χ4n) is 0.924. The maximum absolute atomic E-state index is 5.77. The molecule has 0 rings (SSSR count). The number of unbranched alkanes of at least 4 members (excludes halogenated alkanes) is 3. The molecule has 0 aliphatic carbocycles. The number of nitrogens with two attached hydrogens (primary N) is 1. The van der Waals surface area contributed by atoms with Gasteiger partial charge in [0.15, 0.2) is 0 Å². The molecule has 70 valence electrons. The Hall–Kier alpha value is 0.540. The van der Waals surface area contributed by atoms with Crippen LogP contribution in [0.5, 0.6) is 0 Å². The highest BCUT2D eigenvalue weighted by Crippen LogP contribution is 2.08. The van der Waals surface area contributed by atoms with Crippen LogP contribution in [-0.2, 0) is 0 Å². The summed E-state index contributed by atoms with van der Waals surface area (Å²) in [7, 11) is 0. The van der Waals surface area contributed by atoms with E-state index in [1.165, 1.54) is 19.3 Å². The van der Waals surface area contributed by atoms with Crippen LogP contribution in [0.3, 0.4) is 0 Å². The summed E-state index contributed by atoms with van der Waals surface area (Å²) in [6.07, 6.45) is 6.11. The number of alkyl halides is 1. The molecule has 0 amide bonds. The third-order valence-corrected chi connectivity index (χ3v) is 1.77. The zero-order chi connectivity index (χ0) is 7.82. The third kappa shape index (κ3) is 13.5. The molecule has 0 saturated heterocycles. The number of hydrogen-bond acceptors (Lipinski definition) is 1. The maximum atomic E-state index is 5.77. The van der Waals surface area contributed by atoms with E-state index in [9.17, 15) is 0 Å². The van der Waals surface area contributed by atoms with Gasteiger partial charge in [-0.05, 0) is 26.3 Å². The molecule has 3 heteroatoms. The lowest BCUT2D eigenvalue weighted by Gasteiger charge is -2.01. The summed E-state index contributed by atoms with van der Waals surface area (Å²) in [5, 5.41) is 0.345. The van der Waals surface area contributed by atoms with Crippen molar-refractivity contribution >= 4 is 24.0 Å². The summed E-state index contributed by atoms with van der Waals surface area (Å²) in [4.78, 5) is 0. The Labute approximate surface area is 81.1 Å². The summed E-state index contributed by atoms with van der Waals surface area (Å²) in [6.45, 7) is 2.88. The zero-order valence-electron chi connectivity index (χ0n) is 7.18. The number of halogens is 2. The molecule has 0 bridgehead atoms. The summed E-state index contributed by atoms with van der Waals surface area (Å²) in [5.74, 6) is 0. The first-order valence-electron chi connectivity index (χ1n) is 4.11. The lowest BCUT2D eigenvalue weighted by molar-refractivity contribution is 0.615. The minimum Gasteiger partial charge on any atom is -0.330 e. The third-order valence-electron chi connectivity index (χ3n) is 1.56. The largest absolute Gasteiger partial charge is 0.330 e. The molecule has 0 aliphatic rings. The molecule has 0 radical (unpaired) electrons. The van der Waals surface area contributed by atoms with Gasteiger partial charge in [0.05, 0.1) is 0 Å². The Bertz CT molecular complexity index is 67.1. The molecular formula is C8H19Cl2N. The van der Waals surface area contributed by atoms with E-state index < -0.39 is 0 Å². The van der Waals surface area contributed by atoms with Crippen LogP contribution in [0.2, 0.25) is 0 Å². The minimum atomic E-state index is 0. The molecule has 0 fully saturated rings. The van der Waals surface area contributed by atoms with Crippen molar-refractivity contribution in [3.05, 3.63) is 0 Å². The van der Waals surface area contributed by atoms with Crippen molar-refractivity contribution in [3.8, 4) is 0 Å². The van der Waals surface area contributed by atoms with E-state index in [1.807, 2.05) is 6.92 Å². The maximum Gasteiger partial charge on any atom is 0.0307 e. The Kier molecular flexibility index (Phi) is 13.5. The standard InChI is InChI=1S/C8H18ClN.ClH/c1-8(9)6-4-2-3-5-7-10;/h8H,2-7,10H2,1H3;1H. The van der Waals surface area contributed by atoms with Gasteiger partial charge < -0.3 is 5.73 Å². The van der Waals surface area contributed by atoms with Crippen molar-refractivity contribution in [1.82, 2.24) is 0 Å². The first-order chi connectivity index (χ1) is 4.77. The Morgan fingerprint density at radius 3 is 2.18 bits per heavy atom. The fourth-order valence-corrected chi connectivity index (χ4v) is 1.08. The molecule has 0 aliphatic heterocycles. The van der Waals surface area contributed by atoms with Gasteiger partial charge >= 0.3 is 0 Å². The second-order valence-corrected chi connectivity index (χ2v) is 3.52. The van der Waals surface area contributed by atoms with Crippen LogP contribution < -0.4 is 5.73 Å². The van der Waals surface area contributed by atoms with Crippen LogP contribution in [-0.4, -0.2) is 11.9 Å². The summed E-state index contributed by atoms with van der Waals surface area (Å²) in [5.41, 5.74) is 5.34. The average Bonchev–Trinajstić information content (AvgIpc) is 1.87. The van der Waals surface area contributed by atoms with Crippen LogP contribution in [0.15, 0.2) is 0 Å². The molecule has 0 aromatic rings. The highest BCUT2D eigenvalue weighted by Gasteiger charge is 1.94. The molecular weight excluding hydrogens is 181 g/mol. The van der Waals surface area contributed by atoms with Gasteiger partial charge in [-0.25, -0.2) is 0 Å². The van der Waals surface area contributed by atoms with Crippen molar-refractivity contribution in [2.24, 2.45) is 5.73 Å². The van der Waals surface area contributed by atoms with Crippen LogP contribution in [0, 0.1) is 0 Å². The van der Waals surface area contributed by atoms with Crippen molar-refractivity contribution in [2.75, 3.05) is 6.54 Å². The average molecular weight is 200 g/mol. The topological polar surface area (TPSA) is 26.0 Å². The molecule has 1 nitrogen and oxygen atoms in total. The second-order valence-electron chi connectivity index (χ2n) is 2.77. The van der Waals surface area contributed by atoms with Crippen molar-refractivity contribution in [1.29, 1.82) is 0 Å².